The van der Waals surface area contributed by atoms with E-state index < -0.39 is 11.5 Å². The zero-order chi connectivity index (χ0) is 13.5. The maximum Gasteiger partial charge on any atom is 0.329 e. The Morgan fingerprint density at radius 2 is 1.82 bits per heavy atom. The maximum absolute atomic E-state index is 11.8. The lowest BCUT2D eigenvalue weighted by Gasteiger charge is -2.34. The van der Waals surface area contributed by atoms with E-state index >= 15 is 0 Å². The summed E-state index contributed by atoms with van der Waals surface area (Å²) < 4.78 is 0. The van der Waals surface area contributed by atoms with Crippen LogP contribution in [0.25, 0.3) is 0 Å². The summed E-state index contributed by atoms with van der Waals surface area (Å²) in [6.45, 7) is 7.90. The van der Waals surface area contributed by atoms with Gasteiger partial charge in [-0.15, -0.1) is 0 Å². The van der Waals surface area contributed by atoms with E-state index in [1.807, 2.05) is 0 Å². The Balaban J connectivity index is 4.36. The summed E-state index contributed by atoms with van der Waals surface area (Å²) in [5, 5.41) is 11.8. The van der Waals surface area contributed by atoms with Crippen LogP contribution in [0.5, 0.6) is 0 Å². The number of carboxylic acids is 1. The zero-order valence-electron chi connectivity index (χ0n) is 11.2. The van der Waals surface area contributed by atoms with Crippen molar-refractivity contribution in [1.82, 2.24) is 10.2 Å². The minimum Gasteiger partial charge on any atom is -0.480 e. The van der Waals surface area contributed by atoms with E-state index in [0.717, 1.165) is 19.3 Å². The van der Waals surface area contributed by atoms with Crippen molar-refractivity contribution in [3.8, 4) is 0 Å². The highest BCUT2D eigenvalue weighted by molar-refractivity contribution is 5.85. The average molecular weight is 244 g/mol. The highest BCUT2D eigenvalue weighted by Gasteiger charge is 2.36. The van der Waals surface area contributed by atoms with Gasteiger partial charge in [-0.1, -0.05) is 19.8 Å². The van der Waals surface area contributed by atoms with Crippen LogP contribution in [0.15, 0.2) is 0 Å². The fourth-order valence-electron chi connectivity index (χ4n) is 1.57. The summed E-state index contributed by atoms with van der Waals surface area (Å²) in [7, 11) is 0. The quantitative estimate of drug-likeness (QED) is 0.673. The molecule has 0 spiro atoms. The van der Waals surface area contributed by atoms with Crippen molar-refractivity contribution in [1.29, 1.82) is 0 Å². The van der Waals surface area contributed by atoms with Gasteiger partial charge in [0.2, 0.25) is 0 Å². The van der Waals surface area contributed by atoms with Gasteiger partial charge >= 0.3 is 12.0 Å². The molecular formula is C12H24N2O3. The second kappa shape index (κ2) is 7.14. The van der Waals surface area contributed by atoms with E-state index in [9.17, 15) is 9.59 Å². The van der Waals surface area contributed by atoms with Crippen LogP contribution in [0.2, 0.25) is 0 Å². The molecule has 0 unspecified atom stereocenters. The molecule has 2 amide bonds. The van der Waals surface area contributed by atoms with Crippen LogP contribution in [0.4, 0.5) is 4.79 Å². The number of nitrogens with one attached hydrogen (secondary N) is 1. The number of hydrogen-bond donors (Lipinski definition) is 2. The minimum atomic E-state index is -1.18. The van der Waals surface area contributed by atoms with E-state index in [1.54, 1.807) is 6.92 Å². The zero-order valence-corrected chi connectivity index (χ0v) is 11.2. The van der Waals surface area contributed by atoms with Gasteiger partial charge in [0, 0.05) is 13.1 Å². The minimum absolute atomic E-state index is 0.309. The molecule has 0 atom stereocenters. The predicted octanol–water partition coefficient (Wildman–Crippen LogP) is 2.07. The fourth-order valence-corrected chi connectivity index (χ4v) is 1.57. The van der Waals surface area contributed by atoms with Crippen molar-refractivity contribution in [2.24, 2.45) is 0 Å². The van der Waals surface area contributed by atoms with Crippen LogP contribution in [0, 0.1) is 0 Å². The van der Waals surface area contributed by atoms with Gasteiger partial charge in [-0.3, -0.25) is 0 Å². The van der Waals surface area contributed by atoms with Crippen LogP contribution in [-0.2, 0) is 4.79 Å². The second-order valence-corrected chi connectivity index (χ2v) is 4.55. The molecule has 0 fully saturated rings. The molecule has 17 heavy (non-hydrogen) atoms. The molecule has 0 rings (SSSR count). The number of carbonyl (C=O) groups excluding carboxylic acids is 1. The monoisotopic (exact) mass is 244 g/mol. The molecule has 0 aromatic heterocycles. The molecule has 0 heterocycles. The molecule has 0 aliphatic carbocycles. The molecular weight excluding hydrogens is 220 g/mol. The van der Waals surface area contributed by atoms with Crippen molar-refractivity contribution in [3.05, 3.63) is 0 Å². The van der Waals surface area contributed by atoms with Gasteiger partial charge in [-0.05, 0) is 27.2 Å². The Bertz CT molecular complexity index is 264. The first-order valence-electron chi connectivity index (χ1n) is 6.16. The Morgan fingerprint density at radius 1 is 1.24 bits per heavy atom. The Kier molecular flexibility index (Phi) is 6.61. The van der Waals surface area contributed by atoms with E-state index in [-0.39, 0.29) is 6.03 Å². The average Bonchev–Trinajstić information content (AvgIpc) is 2.24. The molecule has 100 valence electrons. The molecule has 0 saturated carbocycles. The number of nitrogens with zero attached hydrogens (tertiary/aromatic N) is 1. The lowest BCUT2D eigenvalue weighted by Crippen LogP contribution is -2.56. The third-order valence-corrected chi connectivity index (χ3v) is 2.82. The van der Waals surface area contributed by atoms with Crippen LogP contribution in [-0.4, -0.2) is 40.6 Å². The van der Waals surface area contributed by atoms with Gasteiger partial charge in [-0.25, -0.2) is 9.59 Å². The van der Waals surface area contributed by atoms with Crippen molar-refractivity contribution < 1.29 is 14.7 Å². The summed E-state index contributed by atoms with van der Waals surface area (Å²) >= 11 is 0. The molecule has 5 nitrogen and oxygen atoms in total. The maximum atomic E-state index is 11.8. The van der Waals surface area contributed by atoms with Gasteiger partial charge in [0.15, 0.2) is 0 Å². The summed E-state index contributed by atoms with van der Waals surface area (Å²) in [6.07, 6.45) is 3.08. The normalized spacial score (nSPS) is 11.1. The number of unbranched alkanes of at least 4 members (excludes halogenated alkanes) is 2. The Labute approximate surface area is 103 Å². The molecule has 0 aliphatic rings. The van der Waals surface area contributed by atoms with E-state index in [2.05, 4.69) is 12.2 Å². The van der Waals surface area contributed by atoms with Crippen molar-refractivity contribution in [3.63, 3.8) is 0 Å². The van der Waals surface area contributed by atoms with Gasteiger partial charge in [-0.2, -0.15) is 0 Å². The lowest BCUT2D eigenvalue weighted by atomic mass is 10.0. The Hall–Kier alpha value is -1.26. The summed E-state index contributed by atoms with van der Waals surface area (Å²) in [5.74, 6) is -0.997. The first-order chi connectivity index (χ1) is 7.87. The van der Waals surface area contributed by atoms with Gasteiger partial charge < -0.3 is 15.3 Å². The lowest BCUT2D eigenvalue weighted by molar-refractivity contribution is -0.147. The van der Waals surface area contributed by atoms with Gasteiger partial charge in [0.25, 0.3) is 0 Å². The molecule has 0 aliphatic heterocycles. The largest absolute Gasteiger partial charge is 0.480 e. The van der Waals surface area contributed by atoms with E-state index in [0.29, 0.717) is 13.1 Å². The fraction of sp³-hybridized carbons (Fsp3) is 0.833. The van der Waals surface area contributed by atoms with E-state index in [4.69, 9.17) is 5.11 Å². The number of carbonyl (C=O) groups is 2. The molecule has 5 heteroatoms. The predicted molar refractivity (Wildman–Crippen MR) is 67.0 cm³/mol. The van der Waals surface area contributed by atoms with Crippen molar-refractivity contribution in [2.75, 3.05) is 13.1 Å². The molecule has 0 radical (unpaired) electrons. The number of likely N-dealkylation sites (N-methyl/N-ethyl adjacent to an activating group) is 1. The smallest absolute Gasteiger partial charge is 0.329 e. The first-order valence-corrected chi connectivity index (χ1v) is 6.16. The van der Waals surface area contributed by atoms with Gasteiger partial charge in [0.05, 0.1) is 0 Å². The topological polar surface area (TPSA) is 69.6 Å². The van der Waals surface area contributed by atoms with Crippen LogP contribution >= 0.6 is 0 Å². The number of aliphatic carboxylic acids is 1. The van der Waals surface area contributed by atoms with E-state index in [1.165, 1.54) is 18.7 Å². The van der Waals surface area contributed by atoms with Crippen LogP contribution in [0.1, 0.15) is 47.0 Å². The standard InChI is InChI=1S/C12H24N2O3/c1-5-7-8-9-13-11(17)14(6-2)12(3,4)10(15)16/h5-9H2,1-4H3,(H,13,17)(H,15,16). The summed E-state index contributed by atoms with van der Waals surface area (Å²) in [4.78, 5) is 24.3. The highest BCUT2D eigenvalue weighted by atomic mass is 16.4. The molecule has 0 bridgehead atoms. The summed E-state index contributed by atoms with van der Waals surface area (Å²) in [6, 6.07) is -0.309. The molecule has 0 aromatic rings. The number of carboxylic acid groups (broad SMARTS) is 1. The van der Waals surface area contributed by atoms with Crippen LogP contribution < -0.4 is 5.32 Å². The number of hydrogen-bond acceptors (Lipinski definition) is 2. The number of urea groups is 1. The number of amides is 2. The van der Waals surface area contributed by atoms with Crippen LogP contribution in [0.3, 0.4) is 0 Å². The molecule has 2 N–H and O–H groups in total. The highest BCUT2D eigenvalue weighted by Crippen LogP contribution is 2.14. The third-order valence-electron chi connectivity index (χ3n) is 2.82. The number of rotatable bonds is 7. The van der Waals surface area contributed by atoms with Crippen molar-refractivity contribution >= 4 is 12.0 Å². The van der Waals surface area contributed by atoms with Gasteiger partial charge in [0.1, 0.15) is 5.54 Å². The second-order valence-electron chi connectivity index (χ2n) is 4.55. The SMILES string of the molecule is CCCCCNC(=O)N(CC)C(C)(C)C(=O)O. The third kappa shape index (κ3) is 4.63. The Morgan fingerprint density at radius 3 is 2.24 bits per heavy atom. The molecule has 0 saturated heterocycles. The summed E-state index contributed by atoms with van der Waals surface area (Å²) in [5.41, 5.74) is -1.18. The first kappa shape index (κ1) is 15.7. The molecule has 0 aromatic carbocycles. The van der Waals surface area contributed by atoms with Crippen molar-refractivity contribution in [2.45, 2.75) is 52.5 Å².